The van der Waals surface area contributed by atoms with Gasteiger partial charge in [0.15, 0.2) is 5.82 Å². The summed E-state index contributed by atoms with van der Waals surface area (Å²) >= 11 is 0. The molecule has 0 amide bonds. The van der Waals surface area contributed by atoms with Gasteiger partial charge in [-0.3, -0.25) is 0 Å². The van der Waals surface area contributed by atoms with E-state index >= 15 is 0 Å². The lowest BCUT2D eigenvalue weighted by Gasteiger charge is -2.18. The van der Waals surface area contributed by atoms with E-state index in [1.54, 1.807) is 0 Å². The van der Waals surface area contributed by atoms with Crippen molar-refractivity contribution in [1.82, 2.24) is 14.5 Å². The fraction of sp³-hybridized carbons (Fsp3) is 0.0385. The van der Waals surface area contributed by atoms with Crippen LogP contribution in [0, 0.1) is 0 Å². The molecule has 0 spiro atoms. The summed E-state index contributed by atoms with van der Waals surface area (Å²) in [6.07, 6.45) is 9.72. The largest absolute Gasteiger partial charge is 0.318 e. The Morgan fingerprint density at radius 2 is 0.964 bits per heavy atom. The minimum absolute atomic E-state index is 0.166. The van der Waals surface area contributed by atoms with E-state index in [2.05, 4.69) is 193 Å². The minimum atomic E-state index is 0.166. The van der Waals surface area contributed by atoms with E-state index in [0.29, 0.717) is 0 Å². The Kier molecular flexibility index (Phi) is 7.31. The molecular formula is C52H35N3. The smallest absolute Gasteiger partial charge is 0.162 e. The standard InChI is InChI=1S/C52H35N3/c1-3-15-34(16-4-1)51-53-50(49-46-27-11-12-28-48(46)55(52(49)54-51)40-21-5-2-6-22-40)39-20-14-19-37(32-39)35-17-13-18-36(31-35)38-29-30-45-43-25-8-7-23-41(43)42-24-9-10-26-44(42)47(45)33-38/h1-21,23-33,40H,22H2. The van der Waals surface area contributed by atoms with E-state index in [4.69, 9.17) is 9.97 Å². The Morgan fingerprint density at radius 1 is 0.418 bits per heavy atom. The Labute approximate surface area is 319 Å². The fourth-order valence-electron chi connectivity index (χ4n) is 8.71. The third-order valence-electron chi connectivity index (χ3n) is 11.3. The molecule has 2 aromatic heterocycles. The average Bonchev–Trinajstić information content (AvgIpc) is 3.61. The highest BCUT2D eigenvalue weighted by Crippen LogP contribution is 2.41. The van der Waals surface area contributed by atoms with Gasteiger partial charge in [0.05, 0.1) is 22.6 Å². The number of hydrogen-bond donors (Lipinski definition) is 0. The zero-order valence-corrected chi connectivity index (χ0v) is 30.1. The third-order valence-corrected chi connectivity index (χ3v) is 11.3. The molecule has 0 bridgehead atoms. The van der Waals surface area contributed by atoms with Crippen LogP contribution < -0.4 is 0 Å². The Balaban J connectivity index is 1.07. The average molecular weight is 702 g/mol. The Morgan fingerprint density at radius 3 is 1.64 bits per heavy atom. The molecule has 1 unspecified atom stereocenters. The van der Waals surface area contributed by atoms with E-state index in [0.717, 1.165) is 51.2 Å². The number of nitrogens with zero attached hydrogens (tertiary/aromatic N) is 3. The predicted molar refractivity (Wildman–Crippen MR) is 231 cm³/mol. The van der Waals surface area contributed by atoms with Crippen molar-refractivity contribution in [3.05, 3.63) is 194 Å². The monoisotopic (exact) mass is 701 g/mol. The zero-order chi connectivity index (χ0) is 36.3. The molecular weight excluding hydrogens is 667 g/mol. The van der Waals surface area contributed by atoms with Crippen LogP contribution in [0.2, 0.25) is 0 Å². The summed E-state index contributed by atoms with van der Waals surface area (Å²) in [6, 6.07) is 61.5. The summed E-state index contributed by atoms with van der Waals surface area (Å²) in [7, 11) is 0. The summed E-state index contributed by atoms with van der Waals surface area (Å²) in [5.74, 6) is 0.728. The number of rotatable bonds is 5. The SMILES string of the molecule is C1=CCC(n2c3ccccc3c3c(-c4cccc(-c5cccc(-c6ccc7c8ccccc8c8ccccc8c7c6)c5)c4)nc(-c4ccccc4)nc32)C=C1. The van der Waals surface area contributed by atoms with Crippen molar-refractivity contribution in [3.8, 4) is 44.9 Å². The normalized spacial score (nSPS) is 14.1. The maximum absolute atomic E-state index is 5.37. The summed E-state index contributed by atoms with van der Waals surface area (Å²) < 4.78 is 2.41. The second-order valence-corrected chi connectivity index (χ2v) is 14.5. The van der Waals surface area contributed by atoms with Crippen molar-refractivity contribution < 1.29 is 0 Å². The molecule has 258 valence electrons. The molecule has 0 saturated carbocycles. The fourth-order valence-corrected chi connectivity index (χ4v) is 8.71. The molecule has 10 aromatic rings. The first-order chi connectivity index (χ1) is 27.3. The molecule has 8 aromatic carbocycles. The van der Waals surface area contributed by atoms with Crippen molar-refractivity contribution in [3.63, 3.8) is 0 Å². The van der Waals surface area contributed by atoms with E-state index in [1.165, 1.54) is 54.3 Å². The number of fused-ring (bicyclic) bond motifs is 9. The van der Waals surface area contributed by atoms with Crippen molar-refractivity contribution in [2.75, 3.05) is 0 Å². The molecule has 0 radical (unpaired) electrons. The number of aromatic nitrogens is 3. The molecule has 1 aliphatic carbocycles. The first-order valence-electron chi connectivity index (χ1n) is 19.0. The molecule has 0 N–H and O–H groups in total. The lowest BCUT2D eigenvalue weighted by Crippen LogP contribution is -2.08. The van der Waals surface area contributed by atoms with Gasteiger partial charge in [-0.2, -0.15) is 0 Å². The molecule has 0 fully saturated rings. The molecule has 3 nitrogen and oxygen atoms in total. The van der Waals surface area contributed by atoms with Crippen LogP contribution in [-0.4, -0.2) is 14.5 Å². The van der Waals surface area contributed by atoms with Crippen LogP contribution in [0.15, 0.2) is 194 Å². The van der Waals surface area contributed by atoms with Crippen LogP contribution in [0.4, 0.5) is 0 Å². The molecule has 3 heteroatoms. The quantitative estimate of drug-likeness (QED) is 0.167. The second-order valence-electron chi connectivity index (χ2n) is 14.5. The van der Waals surface area contributed by atoms with Crippen molar-refractivity contribution >= 4 is 54.3 Å². The van der Waals surface area contributed by atoms with Crippen LogP contribution in [0.25, 0.3) is 99.2 Å². The van der Waals surface area contributed by atoms with Gasteiger partial charge in [0.1, 0.15) is 5.65 Å². The van der Waals surface area contributed by atoms with Crippen LogP contribution in [0.5, 0.6) is 0 Å². The van der Waals surface area contributed by atoms with Gasteiger partial charge in [0.25, 0.3) is 0 Å². The lowest BCUT2D eigenvalue weighted by molar-refractivity contribution is 0.643. The molecule has 55 heavy (non-hydrogen) atoms. The van der Waals surface area contributed by atoms with E-state index in [9.17, 15) is 0 Å². The topological polar surface area (TPSA) is 30.7 Å². The van der Waals surface area contributed by atoms with Crippen LogP contribution in [-0.2, 0) is 0 Å². The van der Waals surface area contributed by atoms with Gasteiger partial charge in [-0.05, 0) is 85.3 Å². The van der Waals surface area contributed by atoms with Gasteiger partial charge in [-0.1, -0.05) is 170 Å². The van der Waals surface area contributed by atoms with E-state index in [-0.39, 0.29) is 6.04 Å². The van der Waals surface area contributed by atoms with Crippen LogP contribution in [0.3, 0.4) is 0 Å². The molecule has 11 rings (SSSR count). The van der Waals surface area contributed by atoms with Gasteiger partial charge in [0.2, 0.25) is 0 Å². The maximum Gasteiger partial charge on any atom is 0.162 e. The summed E-state index contributed by atoms with van der Waals surface area (Å²) in [4.78, 5) is 10.7. The van der Waals surface area contributed by atoms with Gasteiger partial charge in [0, 0.05) is 16.5 Å². The third kappa shape index (κ3) is 5.20. The first-order valence-corrected chi connectivity index (χ1v) is 19.0. The van der Waals surface area contributed by atoms with Crippen LogP contribution in [0.1, 0.15) is 12.5 Å². The minimum Gasteiger partial charge on any atom is -0.318 e. The van der Waals surface area contributed by atoms with Gasteiger partial charge in [-0.25, -0.2) is 9.97 Å². The lowest BCUT2D eigenvalue weighted by atomic mass is 9.91. The Hall–Kier alpha value is -7.10. The van der Waals surface area contributed by atoms with Gasteiger partial charge < -0.3 is 4.57 Å². The molecule has 2 heterocycles. The number of benzene rings is 8. The van der Waals surface area contributed by atoms with E-state index in [1.807, 2.05) is 6.07 Å². The van der Waals surface area contributed by atoms with Crippen LogP contribution >= 0.6 is 0 Å². The zero-order valence-electron chi connectivity index (χ0n) is 30.1. The summed E-state index contributed by atoms with van der Waals surface area (Å²) in [6.45, 7) is 0. The highest BCUT2D eigenvalue weighted by Gasteiger charge is 2.23. The molecule has 0 aliphatic heterocycles. The number of allylic oxidation sites excluding steroid dienone is 4. The summed E-state index contributed by atoms with van der Waals surface area (Å²) in [5.41, 5.74) is 9.85. The van der Waals surface area contributed by atoms with Gasteiger partial charge in [-0.15, -0.1) is 0 Å². The van der Waals surface area contributed by atoms with Crippen molar-refractivity contribution in [2.24, 2.45) is 0 Å². The van der Waals surface area contributed by atoms with Crippen molar-refractivity contribution in [2.45, 2.75) is 12.5 Å². The maximum atomic E-state index is 5.37. The highest BCUT2D eigenvalue weighted by atomic mass is 15.1. The second kappa shape index (κ2) is 12.8. The molecule has 1 atom stereocenters. The number of hydrogen-bond acceptors (Lipinski definition) is 2. The summed E-state index contributed by atoms with van der Waals surface area (Å²) in [5, 5.41) is 9.97. The predicted octanol–water partition coefficient (Wildman–Crippen LogP) is 13.8. The van der Waals surface area contributed by atoms with Crippen molar-refractivity contribution in [1.29, 1.82) is 0 Å². The molecule has 0 saturated heterocycles. The number of para-hydroxylation sites is 1. The Bertz CT molecular complexity index is 3150. The molecule has 1 aliphatic rings. The van der Waals surface area contributed by atoms with E-state index < -0.39 is 0 Å². The first kappa shape index (κ1) is 31.4. The highest BCUT2D eigenvalue weighted by molar-refractivity contribution is 6.25. The van der Waals surface area contributed by atoms with Gasteiger partial charge >= 0.3 is 0 Å².